The van der Waals surface area contributed by atoms with Crippen LogP contribution in [0.15, 0.2) is 36.5 Å². The molecule has 0 aliphatic carbocycles. The molecule has 0 aliphatic heterocycles. The van der Waals surface area contributed by atoms with Crippen molar-refractivity contribution in [2.45, 2.75) is 40.3 Å². The molecule has 0 saturated heterocycles. The van der Waals surface area contributed by atoms with Gasteiger partial charge in [0.25, 0.3) is 0 Å². The molecule has 2 rings (SSSR count). The number of benzene rings is 1. The van der Waals surface area contributed by atoms with Crippen molar-refractivity contribution in [2.24, 2.45) is 12.5 Å². The third-order valence-corrected chi connectivity index (χ3v) is 3.61. The maximum absolute atomic E-state index is 4.40. The normalized spacial score (nSPS) is 13.4. The molecule has 0 saturated carbocycles. The van der Waals surface area contributed by atoms with Gasteiger partial charge in [-0.25, -0.2) is 0 Å². The molecule has 1 atom stereocenters. The van der Waals surface area contributed by atoms with Gasteiger partial charge in [-0.15, -0.1) is 0 Å². The fourth-order valence-corrected chi connectivity index (χ4v) is 2.60. The van der Waals surface area contributed by atoms with Gasteiger partial charge in [-0.2, -0.15) is 5.10 Å². The Morgan fingerprint density at radius 2 is 1.85 bits per heavy atom. The highest BCUT2D eigenvalue weighted by Crippen LogP contribution is 2.32. The van der Waals surface area contributed by atoms with Crippen LogP contribution in [0.3, 0.4) is 0 Å². The standard InChI is InChI=1S/C17H25N3/c1-13-15(12-20(5)19-13)11-18-16(17(2,3)4)14-9-7-6-8-10-14/h6-10,12,16,18H,11H2,1-5H3. The number of rotatable bonds is 4. The molecule has 0 aliphatic rings. The molecular formula is C17H25N3. The first-order valence-electron chi connectivity index (χ1n) is 7.15. The zero-order valence-electron chi connectivity index (χ0n) is 13.1. The second-order valence-corrected chi connectivity index (χ2v) is 6.50. The second-order valence-electron chi connectivity index (χ2n) is 6.50. The van der Waals surface area contributed by atoms with Crippen molar-refractivity contribution in [3.63, 3.8) is 0 Å². The van der Waals surface area contributed by atoms with Gasteiger partial charge < -0.3 is 5.32 Å². The van der Waals surface area contributed by atoms with Gasteiger partial charge in [-0.05, 0) is 17.9 Å². The molecule has 1 aromatic carbocycles. The Bertz CT molecular complexity index is 549. The molecular weight excluding hydrogens is 246 g/mol. The number of aromatic nitrogens is 2. The van der Waals surface area contributed by atoms with Crippen molar-refractivity contribution in [1.82, 2.24) is 15.1 Å². The van der Waals surface area contributed by atoms with Crippen LogP contribution in [-0.4, -0.2) is 9.78 Å². The number of hydrogen-bond acceptors (Lipinski definition) is 2. The predicted octanol–water partition coefficient (Wildman–Crippen LogP) is 3.61. The minimum absolute atomic E-state index is 0.164. The molecule has 0 bridgehead atoms. The Kier molecular flexibility index (Phi) is 4.29. The highest BCUT2D eigenvalue weighted by molar-refractivity contribution is 5.22. The summed E-state index contributed by atoms with van der Waals surface area (Å²) in [6, 6.07) is 11.0. The SMILES string of the molecule is Cc1nn(C)cc1CNC(c1ccccc1)C(C)(C)C. The van der Waals surface area contributed by atoms with E-state index < -0.39 is 0 Å². The highest BCUT2D eigenvalue weighted by Gasteiger charge is 2.25. The van der Waals surface area contributed by atoms with E-state index in [9.17, 15) is 0 Å². The molecule has 1 unspecified atom stereocenters. The van der Waals surface area contributed by atoms with Crippen molar-refractivity contribution in [2.75, 3.05) is 0 Å². The molecule has 0 spiro atoms. The fraction of sp³-hybridized carbons (Fsp3) is 0.471. The van der Waals surface area contributed by atoms with Crippen LogP contribution in [0, 0.1) is 12.3 Å². The molecule has 2 aromatic rings. The van der Waals surface area contributed by atoms with Crippen molar-refractivity contribution in [3.05, 3.63) is 53.3 Å². The zero-order valence-corrected chi connectivity index (χ0v) is 13.1. The smallest absolute Gasteiger partial charge is 0.0638 e. The van der Waals surface area contributed by atoms with Gasteiger partial charge in [0, 0.05) is 31.4 Å². The van der Waals surface area contributed by atoms with Gasteiger partial charge >= 0.3 is 0 Å². The largest absolute Gasteiger partial charge is 0.305 e. The van der Waals surface area contributed by atoms with Crippen LogP contribution in [0.2, 0.25) is 0 Å². The lowest BCUT2D eigenvalue weighted by molar-refractivity contribution is 0.271. The van der Waals surface area contributed by atoms with Crippen LogP contribution in [0.5, 0.6) is 0 Å². The summed E-state index contributed by atoms with van der Waals surface area (Å²) in [4.78, 5) is 0. The van der Waals surface area contributed by atoms with Crippen molar-refractivity contribution in [3.8, 4) is 0 Å². The van der Waals surface area contributed by atoms with Gasteiger partial charge in [0.1, 0.15) is 0 Å². The highest BCUT2D eigenvalue weighted by atomic mass is 15.3. The minimum Gasteiger partial charge on any atom is -0.305 e. The third-order valence-electron chi connectivity index (χ3n) is 3.61. The van der Waals surface area contributed by atoms with Crippen LogP contribution in [0.25, 0.3) is 0 Å². The van der Waals surface area contributed by atoms with Gasteiger partial charge in [-0.1, -0.05) is 51.1 Å². The summed E-state index contributed by atoms with van der Waals surface area (Å²) in [5, 5.41) is 8.09. The topological polar surface area (TPSA) is 29.9 Å². The molecule has 1 aromatic heterocycles. The Hall–Kier alpha value is -1.61. The summed E-state index contributed by atoms with van der Waals surface area (Å²) in [5.41, 5.74) is 3.86. The Morgan fingerprint density at radius 1 is 1.20 bits per heavy atom. The second kappa shape index (κ2) is 5.80. The molecule has 0 fully saturated rings. The summed E-state index contributed by atoms with van der Waals surface area (Å²) < 4.78 is 1.88. The van der Waals surface area contributed by atoms with Crippen molar-refractivity contribution >= 4 is 0 Å². The summed E-state index contributed by atoms with van der Waals surface area (Å²) in [6.07, 6.45) is 2.09. The summed E-state index contributed by atoms with van der Waals surface area (Å²) in [7, 11) is 1.97. The first kappa shape index (κ1) is 14.8. The summed E-state index contributed by atoms with van der Waals surface area (Å²) in [5.74, 6) is 0. The predicted molar refractivity (Wildman–Crippen MR) is 83.4 cm³/mol. The lowest BCUT2D eigenvalue weighted by Crippen LogP contribution is -2.32. The molecule has 0 amide bonds. The average Bonchev–Trinajstić information content (AvgIpc) is 2.68. The molecule has 3 nitrogen and oxygen atoms in total. The minimum atomic E-state index is 0.164. The Balaban J connectivity index is 2.16. The first-order valence-corrected chi connectivity index (χ1v) is 7.15. The molecule has 0 radical (unpaired) electrons. The van der Waals surface area contributed by atoms with E-state index in [2.05, 4.69) is 74.6 Å². The van der Waals surface area contributed by atoms with E-state index >= 15 is 0 Å². The van der Waals surface area contributed by atoms with Gasteiger partial charge in [0.2, 0.25) is 0 Å². The summed E-state index contributed by atoms with van der Waals surface area (Å²) >= 11 is 0. The third kappa shape index (κ3) is 3.48. The number of nitrogens with zero attached hydrogens (tertiary/aromatic N) is 2. The number of nitrogens with one attached hydrogen (secondary N) is 1. The van der Waals surface area contributed by atoms with Crippen LogP contribution in [-0.2, 0) is 13.6 Å². The van der Waals surface area contributed by atoms with Crippen LogP contribution >= 0.6 is 0 Å². The van der Waals surface area contributed by atoms with Crippen LogP contribution in [0.1, 0.15) is 43.6 Å². The van der Waals surface area contributed by atoms with E-state index in [1.165, 1.54) is 11.1 Å². The van der Waals surface area contributed by atoms with Gasteiger partial charge in [0.05, 0.1) is 5.69 Å². The Morgan fingerprint density at radius 3 is 2.35 bits per heavy atom. The van der Waals surface area contributed by atoms with E-state index in [1.54, 1.807) is 0 Å². The van der Waals surface area contributed by atoms with Gasteiger partial charge in [-0.3, -0.25) is 4.68 Å². The lowest BCUT2D eigenvalue weighted by Gasteiger charge is -2.32. The molecule has 1 heterocycles. The molecule has 1 N–H and O–H groups in total. The number of aryl methyl sites for hydroxylation is 2. The maximum atomic E-state index is 4.40. The van der Waals surface area contributed by atoms with Gasteiger partial charge in [0.15, 0.2) is 0 Å². The van der Waals surface area contributed by atoms with Crippen LogP contribution in [0.4, 0.5) is 0 Å². The zero-order chi connectivity index (χ0) is 14.8. The van der Waals surface area contributed by atoms with E-state index in [0.29, 0.717) is 6.04 Å². The Labute approximate surface area is 122 Å². The first-order chi connectivity index (χ1) is 9.38. The molecule has 108 valence electrons. The number of hydrogen-bond donors (Lipinski definition) is 1. The fourth-order valence-electron chi connectivity index (χ4n) is 2.60. The quantitative estimate of drug-likeness (QED) is 0.920. The summed E-state index contributed by atoms with van der Waals surface area (Å²) in [6.45, 7) is 9.72. The monoisotopic (exact) mass is 271 g/mol. The lowest BCUT2D eigenvalue weighted by atomic mass is 9.82. The van der Waals surface area contributed by atoms with E-state index in [0.717, 1.165) is 12.2 Å². The van der Waals surface area contributed by atoms with E-state index in [1.807, 2.05) is 11.7 Å². The average molecular weight is 271 g/mol. The van der Waals surface area contributed by atoms with E-state index in [4.69, 9.17) is 0 Å². The van der Waals surface area contributed by atoms with E-state index in [-0.39, 0.29) is 5.41 Å². The molecule has 3 heteroatoms. The van der Waals surface area contributed by atoms with Crippen molar-refractivity contribution in [1.29, 1.82) is 0 Å². The maximum Gasteiger partial charge on any atom is 0.0638 e. The van der Waals surface area contributed by atoms with Crippen LogP contribution < -0.4 is 5.32 Å². The van der Waals surface area contributed by atoms with Crippen molar-refractivity contribution < 1.29 is 0 Å². The molecule has 20 heavy (non-hydrogen) atoms.